The Kier molecular flexibility index (Phi) is 6.03. The van der Waals surface area contributed by atoms with Gasteiger partial charge in [0.1, 0.15) is 0 Å². The highest BCUT2D eigenvalue weighted by Gasteiger charge is 2.32. The van der Waals surface area contributed by atoms with Crippen LogP contribution in [-0.4, -0.2) is 24.8 Å². The first-order chi connectivity index (χ1) is 8.96. The maximum absolute atomic E-state index is 11.5. The molecule has 0 N–H and O–H groups in total. The number of epoxide rings is 1. The van der Waals surface area contributed by atoms with E-state index in [-0.39, 0.29) is 11.6 Å². The van der Waals surface area contributed by atoms with Crippen LogP contribution in [0.25, 0.3) is 0 Å². The summed E-state index contributed by atoms with van der Waals surface area (Å²) in [5.74, 6) is -0.212. The fourth-order valence-corrected chi connectivity index (χ4v) is 1.33. The zero-order valence-corrected chi connectivity index (χ0v) is 12.4. The van der Waals surface area contributed by atoms with Gasteiger partial charge in [0.05, 0.1) is 24.4 Å². The SMILES string of the molecule is CC1(C)CO1.CCCCOC(=O)c1ccccc1C. The molecule has 0 bridgehead atoms. The van der Waals surface area contributed by atoms with Gasteiger partial charge in [0.25, 0.3) is 0 Å². The molecule has 0 unspecified atom stereocenters. The van der Waals surface area contributed by atoms with Gasteiger partial charge >= 0.3 is 5.97 Å². The van der Waals surface area contributed by atoms with E-state index in [0.29, 0.717) is 12.2 Å². The Morgan fingerprint density at radius 1 is 1.37 bits per heavy atom. The molecule has 3 heteroatoms. The number of benzene rings is 1. The Balaban J connectivity index is 0.000000300. The molecular weight excluding hydrogens is 240 g/mol. The molecule has 0 aliphatic carbocycles. The molecule has 1 aliphatic rings. The monoisotopic (exact) mass is 264 g/mol. The van der Waals surface area contributed by atoms with E-state index in [1.54, 1.807) is 6.07 Å². The fraction of sp³-hybridized carbons (Fsp3) is 0.562. The topological polar surface area (TPSA) is 38.8 Å². The highest BCUT2D eigenvalue weighted by molar-refractivity contribution is 5.90. The zero-order valence-electron chi connectivity index (χ0n) is 12.4. The molecule has 1 heterocycles. The third kappa shape index (κ3) is 6.39. The number of carbonyl (C=O) groups excluding carboxylic acids is 1. The molecule has 106 valence electrons. The van der Waals surface area contributed by atoms with Crippen LogP contribution < -0.4 is 0 Å². The molecular formula is C16H24O3. The Labute approximate surface area is 115 Å². The Morgan fingerprint density at radius 3 is 2.42 bits per heavy atom. The minimum absolute atomic E-state index is 0.212. The van der Waals surface area contributed by atoms with Gasteiger partial charge in [-0.25, -0.2) is 4.79 Å². The van der Waals surface area contributed by atoms with E-state index in [2.05, 4.69) is 20.8 Å². The molecule has 0 spiro atoms. The summed E-state index contributed by atoms with van der Waals surface area (Å²) in [4.78, 5) is 11.5. The molecule has 3 nitrogen and oxygen atoms in total. The maximum Gasteiger partial charge on any atom is 0.338 e. The van der Waals surface area contributed by atoms with Gasteiger partial charge in [0.2, 0.25) is 0 Å². The summed E-state index contributed by atoms with van der Waals surface area (Å²) in [6, 6.07) is 7.47. The van der Waals surface area contributed by atoms with Gasteiger partial charge in [-0.2, -0.15) is 0 Å². The van der Waals surface area contributed by atoms with Crippen molar-refractivity contribution in [2.24, 2.45) is 0 Å². The van der Waals surface area contributed by atoms with Crippen LogP contribution in [0.3, 0.4) is 0 Å². The second-order valence-corrected chi connectivity index (χ2v) is 5.35. The Morgan fingerprint density at radius 2 is 1.95 bits per heavy atom. The predicted octanol–water partition coefficient (Wildman–Crippen LogP) is 3.75. The van der Waals surface area contributed by atoms with Crippen molar-refractivity contribution in [3.05, 3.63) is 35.4 Å². The van der Waals surface area contributed by atoms with Crippen molar-refractivity contribution < 1.29 is 14.3 Å². The van der Waals surface area contributed by atoms with Gasteiger partial charge < -0.3 is 9.47 Å². The van der Waals surface area contributed by atoms with Gasteiger partial charge in [0, 0.05) is 0 Å². The molecule has 1 aromatic carbocycles. The molecule has 0 radical (unpaired) electrons. The number of hydrogen-bond acceptors (Lipinski definition) is 3. The van der Waals surface area contributed by atoms with Crippen molar-refractivity contribution in [3.8, 4) is 0 Å². The Hall–Kier alpha value is -1.35. The lowest BCUT2D eigenvalue weighted by molar-refractivity contribution is 0.0499. The lowest BCUT2D eigenvalue weighted by Crippen LogP contribution is -2.07. The van der Waals surface area contributed by atoms with Crippen LogP contribution in [0, 0.1) is 6.92 Å². The summed E-state index contributed by atoms with van der Waals surface area (Å²) >= 11 is 0. The summed E-state index contributed by atoms with van der Waals surface area (Å²) in [6.45, 7) is 9.61. The normalized spacial score (nSPS) is 15.2. The third-order valence-corrected chi connectivity index (χ3v) is 2.82. The van der Waals surface area contributed by atoms with Gasteiger partial charge in [-0.15, -0.1) is 0 Å². The second kappa shape index (κ2) is 7.29. The van der Waals surface area contributed by atoms with Gasteiger partial charge in [0.15, 0.2) is 0 Å². The number of esters is 1. The third-order valence-electron chi connectivity index (χ3n) is 2.82. The minimum atomic E-state index is -0.212. The summed E-state index contributed by atoms with van der Waals surface area (Å²) in [5, 5.41) is 0. The van der Waals surface area contributed by atoms with E-state index in [1.807, 2.05) is 25.1 Å². The Bertz CT molecular complexity index is 404. The van der Waals surface area contributed by atoms with E-state index in [4.69, 9.17) is 9.47 Å². The highest BCUT2D eigenvalue weighted by Crippen LogP contribution is 2.23. The maximum atomic E-state index is 11.5. The van der Waals surface area contributed by atoms with E-state index in [9.17, 15) is 4.79 Å². The average molecular weight is 264 g/mol. The van der Waals surface area contributed by atoms with Gasteiger partial charge in [-0.1, -0.05) is 31.5 Å². The number of hydrogen-bond donors (Lipinski definition) is 0. The molecule has 0 amide bonds. The second-order valence-electron chi connectivity index (χ2n) is 5.35. The molecule has 1 fully saturated rings. The molecule has 0 atom stereocenters. The van der Waals surface area contributed by atoms with Gasteiger partial charge in [-0.3, -0.25) is 0 Å². The molecule has 1 saturated heterocycles. The molecule has 1 aromatic rings. The minimum Gasteiger partial charge on any atom is -0.462 e. The van der Waals surface area contributed by atoms with Crippen LogP contribution in [0.5, 0.6) is 0 Å². The lowest BCUT2D eigenvalue weighted by atomic mass is 10.1. The molecule has 0 saturated carbocycles. The summed E-state index contributed by atoms with van der Waals surface area (Å²) in [7, 11) is 0. The standard InChI is InChI=1S/C12H16O2.C4H8O/c1-3-4-9-14-12(13)11-8-6-5-7-10(11)2;1-4(2)3-5-4/h5-8H,3-4,9H2,1-2H3;3H2,1-2H3. The van der Waals surface area contributed by atoms with Gasteiger partial charge in [-0.05, 0) is 38.8 Å². The zero-order chi connectivity index (χ0) is 14.3. The largest absolute Gasteiger partial charge is 0.462 e. The van der Waals surface area contributed by atoms with E-state index in [0.717, 1.165) is 25.0 Å². The van der Waals surface area contributed by atoms with Crippen molar-refractivity contribution in [2.45, 2.75) is 46.1 Å². The van der Waals surface area contributed by atoms with E-state index < -0.39 is 0 Å². The number of rotatable bonds is 4. The molecule has 1 aliphatic heterocycles. The number of carbonyl (C=O) groups is 1. The fourth-order valence-electron chi connectivity index (χ4n) is 1.33. The summed E-state index contributed by atoms with van der Waals surface area (Å²) in [5.41, 5.74) is 1.89. The van der Waals surface area contributed by atoms with Crippen molar-refractivity contribution in [1.29, 1.82) is 0 Å². The summed E-state index contributed by atoms with van der Waals surface area (Å²) < 4.78 is 10.0. The molecule has 2 rings (SSSR count). The molecule has 0 aromatic heterocycles. The quantitative estimate of drug-likeness (QED) is 0.472. The first kappa shape index (κ1) is 15.7. The van der Waals surface area contributed by atoms with Crippen molar-refractivity contribution >= 4 is 5.97 Å². The highest BCUT2D eigenvalue weighted by atomic mass is 16.6. The van der Waals surface area contributed by atoms with Crippen LogP contribution in [-0.2, 0) is 9.47 Å². The average Bonchev–Trinajstić information content (AvgIpc) is 3.06. The van der Waals surface area contributed by atoms with E-state index in [1.165, 1.54) is 0 Å². The van der Waals surface area contributed by atoms with Crippen molar-refractivity contribution in [1.82, 2.24) is 0 Å². The number of aryl methyl sites for hydroxylation is 1. The lowest BCUT2D eigenvalue weighted by Gasteiger charge is -2.05. The van der Waals surface area contributed by atoms with Crippen LogP contribution in [0.2, 0.25) is 0 Å². The van der Waals surface area contributed by atoms with Crippen LogP contribution >= 0.6 is 0 Å². The van der Waals surface area contributed by atoms with E-state index >= 15 is 0 Å². The van der Waals surface area contributed by atoms with Crippen LogP contribution in [0.4, 0.5) is 0 Å². The van der Waals surface area contributed by atoms with Crippen molar-refractivity contribution in [2.75, 3.05) is 13.2 Å². The smallest absolute Gasteiger partial charge is 0.338 e. The first-order valence-electron chi connectivity index (χ1n) is 6.83. The predicted molar refractivity (Wildman–Crippen MR) is 76.4 cm³/mol. The first-order valence-corrected chi connectivity index (χ1v) is 6.83. The molecule has 19 heavy (non-hydrogen) atoms. The van der Waals surface area contributed by atoms with Crippen LogP contribution in [0.1, 0.15) is 49.5 Å². The summed E-state index contributed by atoms with van der Waals surface area (Å²) in [6.07, 6.45) is 1.97. The van der Waals surface area contributed by atoms with Crippen LogP contribution in [0.15, 0.2) is 24.3 Å². The van der Waals surface area contributed by atoms with Crippen molar-refractivity contribution in [3.63, 3.8) is 0 Å². The number of unbranched alkanes of at least 4 members (excludes halogenated alkanes) is 1. The number of ether oxygens (including phenoxy) is 2.